The molecule has 7 rings (SSSR count). The van der Waals surface area contributed by atoms with Gasteiger partial charge >= 0.3 is 0 Å². The highest BCUT2D eigenvalue weighted by Gasteiger charge is 2.45. The van der Waals surface area contributed by atoms with E-state index in [-0.39, 0.29) is 31.7 Å². The number of hydrogen-bond donors (Lipinski definition) is 0. The molecule has 0 amide bonds. The largest absolute Gasteiger partial charge is 0.497 e. The third-order valence-corrected chi connectivity index (χ3v) is 13.1. The normalized spacial score (nSPS) is 16.7. The third-order valence-electron chi connectivity index (χ3n) is 11.0. The Hall–Kier alpha value is -6.22. The number of aliphatic imine (C=N–C) groups is 1. The second kappa shape index (κ2) is 22.3. The van der Waals surface area contributed by atoms with Crippen molar-refractivity contribution in [3.63, 3.8) is 0 Å². The maximum atomic E-state index is 9.51. The predicted molar refractivity (Wildman–Crippen MR) is 256 cm³/mol. The van der Waals surface area contributed by atoms with Gasteiger partial charge in [-0.05, 0) is 86.7 Å². The fourth-order valence-electron chi connectivity index (χ4n) is 7.97. The van der Waals surface area contributed by atoms with E-state index >= 15 is 0 Å². The summed E-state index contributed by atoms with van der Waals surface area (Å²) >= 11 is 0. The first-order chi connectivity index (χ1) is 32.1. The van der Waals surface area contributed by atoms with E-state index in [1.807, 2.05) is 116 Å². The predicted octanol–water partition coefficient (Wildman–Crippen LogP) is 9.42. The van der Waals surface area contributed by atoms with Crippen molar-refractivity contribution in [2.45, 2.75) is 76.7 Å². The molecule has 4 atom stereocenters. The molecule has 0 aliphatic carbocycles. The van der Waals surface area contributed by atoms with Gasteiger partial charge in [0, 0.05) is 38.2 Å². The molecular formula is C51H57N8O6P. The van der Waals surface area contributed by atoms with Crippen molar-refractivity contribution in [1.29, 1.82) is 5.26 Å². The number of ether oxygens (including phenoxy) is 4. The Morgan fingerprint density at radius 1 is 0.848 bits per heavy atom. The summed E-state index contributed by atoms with van der Waals surface area (Å²) in [7, 11) is 5.41. The molecule has 1 aliphatic rings. The average molecular weight is 909 g/mol. The van der Waals surface area contributed by atoms with E-state index in [1.165, 1.54) is 6.33 Å². The number of fused-ring (bicyclic) bond motifs is 1. The first-order valence-electron chi connectivity index (χ1n) is 22.0. The Kier molecular flexibility index (Phi) is 16.1. The van der Waals surface area contributed by atoms with Crippen LogP contribution in [0.3, 0.4) is 0 Å². The molecule has 3 heterocycles. The molecule has 0 saturated carbocycles. The second-order valence-electron chi connectivity index (χ2n) is 16.4. The Morgan fingerprint density at radius 2 is 1.45 bits per heavy atom. The molecule has 2 aromatic heterocycles. The Morgan fingerprint density at radius 3 is 2.03 bits per heavy atom. The highest BCUT2D eigenvalue weighted by atomic mass is 31.2. The van der Waals surface area contributed by atoms with E-state index in [0.717, 1.165) is 22.3 Å². The zero-order valence-corrected chi connectivity index (χ0v) is 39.6. The second-order valence-corrected chi connectivity index (χ2v) is 17.8. The SMILES string of the molecule is COc1ccc(C(OC[C@H]2O[C@@H](n3nc(C#Cc4ccccc4)c4c(/N=C/N(C)C)ncnc43)C[C@@H]2OP(OCCC#N)N(C(C)C)C(C)C)(c2ccccc2)c2ccc(OC)cc2)cc1. The van der Waals surface area contributed by atoms with Crippen LogP contribution in [0, 0.1) is 23.2 Å². The summed E-state index contributed by atoms with van der Waals surface area (Å²) in [5.74, 6) is 8.41. The lowest BCUT2D eigenvalue weighted by atomic mass is 9.80. The summed E-state index contributed by atoms with van der Waals surface area (Å²) in [5.41, 5.74) is 3.32. The maximum Gasteiger partial charge on any atom is 0.259 e. The summed E-state index contributed by atoms with van der Waals surface area (Å²) in [5, 5.41) is 15.2. The molecule has 1 saturated heterocycles. The third kappa shape index (κ3) is 10.9. The van der Waals surface area contributed by atoms with Gasteiger partial charge in [0.1, 0.15) is 35.2 Å². The van der Waals surface area contributed by atoms with Crippen molar-refractivity contribution < 1.29 is 28.0 Å². The summed E-state index contributed by atoms with van der Waals surface area (Å²) in [6, 6.07) is 38.1. The van der Waals surface area contributed by atoms with E-state index in [4.69, 9.17) is 43.1 Å². The lowest BCUT2D eigenvalue weighted by Crippen LogP contribution is -2.39. The van der Waals surface area contributed by atoms with Crippen LogP contribution in [0.15, 0.2) is 121 Å². The Balaban J connectivity index is 1.36. The molecule has 14 nitrogen and oxygen atoms in total. The van der Waals surface area contributed by atoms with Crippen LogP contribution in [0.2, 0.25) is 0 Å². The minimum Gasteiger partial charge on any atom is -0.497 e. The lowest BCUT2D eigenvalue weighted by Gasteiger charge is -2.39. The van der Waals surface area contributed by atoms with Crippen LogP contribution in [0.25, 0.3) is 11.0 Å². The number of benzene rings is 4. The van der Waals surface area contributed by atoms with Gasteiger partial charge in [-0.2, -0.15) is 10.4 Å². The molecule has 1 fully saturated rings. The van der Waals surface area contributed by atoms with Gasteiger partial charge in [0.15, 0.2) is 17.7 Å². The van der Waals surface area contributed by atoms with Crippen molar-refractivity contribution >= 4 is 31.7 Å². The number of nitriles is 1. The van der Waals surface area contributed by atoms with Gasteiger partial charge in [-0.15, -0.1) is 0 Å². The van der Waals surface area contributed by atoms with Crippen LogP contribution in [-0.2, 0) is 24.1 Å². The molecule has 4 aromatic carbocycles. The van der Waals surface area contributed by atoms with Gasteiger partial charge in [0.25, 0.3) is 8.53 Å². The first kappa shape index (κ1) is 47.7. The molecule has 15 heteroatoms. The molecule has 1 aliphatic heterocycles. The topological polar surface area (TPSA) is 142 Å². The average Bonchev–Trinajstić information content (AvgIpc) is 3.92. The van der Waals surface area contributed by atoms with Crippen LogP contribution in [-0.4, -0.2) is 101 Å². The minimum absolute atomic E-state index is 0.0699. The molecule has 66 heavy (non-hydrogen) atoms. The number of methoxy groups -OCH3 is 2. The van der Waals surface area contributed by atoms with Crippen LogP contribution in [0.5, 0.6) is 11.5 Å². The monoisotopic (exact) mass is 908 g/mol. The van der Waals surface area contributed by atoms with Gasteiger partial charge in [-0.3, -0.25) is 0 Å². The zero-order chi connectivity index (χ0) is 46.6. The van der Waals surface area contributed by atoms with Crippen molar-refractivity contribution in [2.75, 3.05) is 41.5 Å². The van der Waals surface area contributed by atoms with E-state index in [1.54, 1.807) is 25.2 Å². The van der Waals surface area contributed by atoms with E-state index < -0.39 is 32.6 Å². The quantitative estimate of drug-likeness (QED) is 0.0191. The van der Waals surface area contributed by atoms with Crippen LogP contribution in [0.1, 0.15) is 74.7 Å². The number of nitrogens with zero attached hydrogens (tertiary/aromatic N) is 8. The van der Waals surface area contributed by atoms with E-state index in [2.05, 4.69) is 67.4 Å². The number of hydrogen-bond acceptors (Lipinski definition) is 12. The van der Waals surface area contributed by atoms with Gasteiger partial charge in [0.05, 0.1) is 57.8 Å². The number of rotatable bonds is 19. The number of aromatic nitrogens is 4. The molecule has 0 N–H and O–H groups in total. The van der Waals surface area contributed by atoms with Crippen molar-refractivity contribution in [3.8, 4) is 29.4 Å². The fourth-order valence-corrected chi connectivity index (χ4v) is 9.73. The maximum absolute atomic E-state index is 9.51. The van der Waals surface area contributed by atoms with Gasteiger partial charge in [0.2, 0.25) is 0 Å². The summed E-state index contributed by atoms with van der Waals surface area (Å²) in [4.78, 5) is 15.8. The lowest BCUT2D eigenvalue weighted by molar-refractivity contribution is -0.0931. The zero-order valence-electron chi connectivity index (χ0n) is 38.7. The Labute approximate surface area is 389 Å². The highest BCUT2D eigenvalue weighted by Crippen LogP contribution is 2.51. The minimum atomic E-state index is -1.68. The molecule has 0 spiro atoms. The van der Waals surface area contributed by atoms with Crippen molar-refractivity contribution in [2.24, 2.45) is 4.99 Å². The summed E-state index contributed by atoms with van der Waals surface area (Å²) in [6.07, 6.45) is 1.81. The van der Waals surface area contributed by atoms with Crippen LogP contribution >= 0.6 is 8.53 Å². The molecule has 342 valence electrons. The highest BCUT2D eigenvalue weighted by molar-refractivity contribution is 7.44. The molecule has 1 unspecified atom stereocenters. The van der Waals surface area contributed by atoms with Crippen molar-refractivity contribution in [1.82, 2.24) is 29.3 Å². The van der Waals surface area contributed by atoms with E-state index in [9.17, 15) is 5.26 Å². The van der Waals surface area contributed by atoms with E-state index in [0.29, 0.717) is 40.5 Å². The molecule has 0 radical (unpaired) electrons. The first-order valence-corrected chi connectivity index (χ1v) is 23.1. The Bertz CT molecular complexity index is 2570. The van der Waals surface area contributed by atoms with Gasteiger partial charge < -0.3 is 32.9 Å². The fraction of sp³-hybridized carbons (Fsp3) is 0.353. The summed E-state index contributed by atoms with van der Waals surface area (Å²) in [6.45, 7) is 8.74. The molecular weight excluding hydrogens is 852 g/mol. The van der Waals surface area contributed by atoms with Crippen LogP contribution < -0.4 is 9.47 Å². The standard InChI is InChI=1S/C51H57N8O6P/c1-36(2)59(37(3)4)66(63-31-15-30-52)65-45-32-47(58-50-48(49(53-34-54-50)55-35-57(5)6)44(56-58)29-20-38-16-11-9-12-17-38)64-46(45)33-62-51(39-18-13-10-14-19-39,40-21-25-42(60-7)26-22-40)41-23-27-43(61-8)28-24-41/h9-14,16-19,21-28,34-37,45-47H,15,31-33H2,1-8H3/b55-35+/t45-,46+,47+,66?/m0/s1. The van der Waals surface area contributed by atoms with Crippen LogP contribution in [0.4, 0.5) is 5.82 Å². The smallest absolute Gasteiger partial charge is 0.259 e. The van der Waals surface area contributed by atoms with Gasteiger partial charge in [-0.1, -0.05) is 78.7 Å². The summed E-state index contributed by atoms with van der Waals surface area (Å²) < 4.78 is 43.4. The molecule has 6 aromatic rings. The van der Waals surface area contributed by atoms with Crippen molar-refractivity contribution in [3.05, 3.63) is 143 Å². The van der Waals surface area contributed by atoms with Gasteiger partial charge in [-0.25, -0.2) is 24.3 Å². The molecule has 0 bridgehead atoms.